The summed E-state index contributed by atoms with van der Waals surface area (Å²) in [6, 6.07) is 1.12. The summed E-state index contributed by atoms with van der Waals surface area (Å²) in [7, 11) is 0. The topological polar surface area (TPSA) is 29.3 Å². The first kappa shape index (κ1) is 13.4. The quantitative estimate of drug-likeness (QED) is 0.760. The molecular weight excluding hydrogens is 208 g/mol. The lowest BCUT2D eigenvalue weighted by Gasteiger charge is -2.36. The smallest absolute Gasteiger partial charge is 0.0247 e. The van der Waals surface area contributed by atoms with E-state index in [0.717, 1.165) is 5.92 Å². The lowest BCUT2D eigenvalue weighted by atomic mass is 9.91. The van der Waals surface area contributed by atoms with Gasteiger partial charge in [-0.1, -0.05) is 32.6 Å². The second kappa shape index (κ2) is 6.75. The molecule has 2 rings (SSSR count). The van der Waals surface area contributed by atoms with E-state index in [0.29, 0.717) is 12.1 Å². The molecule has 0 aromatic heterocycles. The Balaban J connectivity index is 1.92. The zero-order valence-corrected chi connectivity index (χ0v) is 11.5. The number of hydrogen-bond donors (Lipinski definition) is 1. The Labute approximate surface area is 107 Å². The van der Waals surface area contributed by atoms with Crippen LogP contribution < -0.4 is 5.73 Å². The van der Waals surface area contributed by atoms with Gasteiger partial charge in [-0.25, -0.2) is 0 Å². The van der Waals surface area contributed by atoms with Gasteiger partial charge in [0.15, 0.2) is 0 Å². The number of likely N-dealkylation sites (tertiary alicyclic amines) is 1. The Kier molecular flexibility index (Phi) is 5.30. The van der Waals surface area contributed by atoms with E-state index in [1.165, 1.54) is 70.9 Å². The van der Waals surface area contributed by atoms with Crippen LogP contribution in [0.5, 0.6) is 0 Å². The van der Waals surface area contributed by atoms with Gasteiger partial charge >= 0.3 is 0 Å². The van der Waals surface area contributed by atoms with Gasteiger partial charge in [0.1, 0.15) is 0 Å². The van der Waals surface area contributed by atoms with E-state index >= 15 is 0 Å². The molecule has 0 spiro atoms. The summed E-state index contributed by atoms with van der Waals surface area (Å²) < 4.78 is 0. The standard InChI is InChI=1S/C15H30N2/c1-13-7-6-11-17(12-10-13)15-9-5-3-2-4-8-14(15)16/h13-15H,2-12,16H2,1H3. The molecule has 17 heavy (non-hydrogen) atoms. The number of hydrogen-bond acceptors (Lipinski definition) is 2. The summed E-state index contributed by atoms with van der Waals surface area (Å²) >= 11 is 0. The summed E-state index contributed by atoms with van der Waals surface area (Å²) in [5, 5.41) is 0. The molecule has 3 unspecified atom stereocenters. The van der Waals surface area contributed by atoms with E-state index in [1.807, 2.05) is 0 Å². The highest BCUT2D eigenvalue weighted by molar-refractivity contribution is 4.85. The summed E-state index contributed by atoms with van der Waals surface area (Å²) in [6.07, 6.45) is 12.3. The van der Waals surface area contributed by atoms with Crippen molar-refractivity contribution in [2.75, 3.05) is 13.1 Å². The van der Waals surface area contributed by atoms with E-state index in [2.05, 4.69) is 11.8 Å². The van der Waals surface area contributed by atoms with Crippen LogP contribution in [-0.4, -0.2) is 30.1 Å². The van der Waals surface area contributed by atoms with Crippen molar-refractivity contribution in [3.63, 3.8) is 0 Å². The van der Waals surface area contributed by atoms with Crippen LogP contribution in [0.1, 0.15) is 64.7 Å². The van der Waals surface area contributed by atoms with Gasteiger partial charge in [0, 0.05) is 12.1 Å². The van der Waals surface area contributed by atoms with E-state index in [4.69, 9.17) is 5.73 Å². The Morgan fingerprint density at radius 2 is 1.59 bits per heavy atom. The van der Waals surface area contributed by atoms with E-state index in [-0.39, 0.29) is 0 Å². The van der Waals surface area contributed by atoms with Crippen molar-refractivity contribution in [3.05, 3.63) is 0 Å². The first-order valence-corrected chi connectivity index (χ1v) is 7.77. The molecule has 2 heteroatoms. The highest BCUT2D eigenvalue weighted by Crippen LogP contribution is 2.24. The highest BCUT2D eigenvalue weighted by Gasteiger charge is 2.26. The van der Waals surface area contributed by atoms with Crippen LogP contribution >= 0.6 is 0 Å². The zero-order chi connectivity index (χ0) is 12.1. The van der Waals surface area contributed by atoms with E-state index < -0.39 is 0 Å². The van der Waals surface area contributed by atoms with Crippen molar-refractivity contribution in [3.8, 4) is 0 Å². The van der Waals surface area contributed by atoms with Crippen LogP contribution in [0, 0.1) is 5.92 Å². The fourth-order valence-electron chi connectivity index (χ4n) is 3.56. The van der Waals surface area contributed by atoms with Gasteiger partial charge in [-0.2, -0.15) is 0 Å². The molecular formula is C15H30N2. The minimum absolute atomic E-state index is 0.434. The van der Waals surface area contributed by atoms with Crippen molar-refractivity contribution in [1.29, 1.82) is 0 Å². The normalized spacial score (nSPS) is 38.1. The summed E-state index contributed by atoms with van der Waals surface area (Å²) in [4.78, 5) is 2.72. The molecule has 1 saturated carbocycles. The molecule has 1 aliphatic carbocycles. The van der Waals surface area contributed by atoms with Crippen molar-refractivity contribution in [2.24, 2.45) is 11.7 Å². The Morgan fingerprint density at radius 3 is 2.41 bits per heavy atom. The predicted octanol–water partition coefficient (Wildman–Crippen LogP) is 3.16. The fourth-order valence-corrected chi connectivity index (χ4v) is 3.56. The van der Waals surface area contributed by atoms with Crippen LogP contribution in [0.25, 0.3) is 0 Å². The van der Waals surface area contributed by atoms with Gasteiger partial charge in [0.2, 0.25) is 0 Å². The van der Waals surface area contributed by atoms with Crippen molar-refractivity contribution in [1.82, 2.24) is 4.90 Å². The van der Waals surface area contributed by atoms with Gasteiger partial charge in [-0.15, -0.1) is 0 Å². The third-order valence-corrected chi connectivity index (χ3v) is 4.80. The average molecular weight is 238 g/mol. The maximum atomic E-state index is 6.42. The third kappa shape index (κ3) is 3.96. The molecule has 2 N–H and O–H groups in total. The molecule has 0 aromatic rings. The highest BCUT2D eigenvalue weighted by atomic mass is 15.2. The largest absolute Gasteiger partial charge is 0.326 e. The summed E-state index contributed by atoms with van der Waals surface area (Å²) in [5.41, 5.74) is 6.42. The predicted molar refractivity (Wildman–Crippen MR) is 74.1 cm³/mol. The molecule has 2 aliphatic rings. The van der Waals surface area contributed by atoms with Gasteiger partial charge in [-0.3, -0.25) is 4.90 Å². The van der Waals surface area contributed by atoms with Crippen molar-refractivity contribution < 1.29 is 0 Å². The molecule has 1 saturated heterocycles. The van der Waals surface area contributed by atoms with Crippen LogP contribution in [0.4, 0.5) is 0 Å². The Morgan fingerprint density at radius 1 is 0.824 bits per heavy atom. The lowest BCUT2D eigenvalue weighted by Crippen LogP contribution is -2.48. The molecule has 1 heterocycles. The van der Waals surface area contributed by atoms with Crippen molar-refractivity contribution >= 4 is 0 Å². The Bertz CT molecular complexity index is 217. The first-order chi connectivity index (χ1) is 8.27. The lowest BCUT2D eigenvalue weighted by molar-refractivity contribution is 0.152. The number of nitrogens with zero attached hydrogens (tertiary/aromatic N) is 1. The van der Waals surface area contributed by atoms with Gasteiger partial charge in [-0.05, 0) is 51.1 Å². The first-order valence-electron chi connectivity index (χ1n) is 7.77. The van der Waals surface area contributed by atoms with Crippen molar-refractivity contribution in [2.45, 2.75) is 76.8 Å². The zero-order valence-electron chi connectivity index (χ0n) is 11.5. The third-order valence-electron chi connectivity index (χ3n) is 4.80. The average Bonchev–Trinajstić information content (AvgIpc) is 2.50. The number of nitrogens with two attached hydrogens (primary N) is 1. The van der Waals surface area contributed by atoms with Crippen LogP contribution in [0.2, 0.25) is 0 Å². The Hall–Kier alpha value is -0.0800. The van der Waals surface area contributed by atoms with E-state index in [1.54, 1.807) is 0 Å². The number of rotatable bonds is 1. The molecule has 0 bridgehead atoms. The summed E-state index contributed by atoms with van der Waals surface area (Å²) in [5.74, 6) is 0.921. The van der Waals surface area contributed by atoms with Crippen LogP contribution in [0.3, 0.4) is 0 Å². The molecule has 2 nitrogen and oxygen atoms in total. The SMILES string of the molecule is CC1CCCN(C2CCCCCCC2N)CC1. The van der Waals surface area contributed by atoms with Gasteiger partial charge < -0.3 is 5.73 Å². The second-order valence-electron chi connectivity index (χ2n) is 6.29. The molecule has 0 aromatic carbocycles. The minimum Gasteiger partial charge on any atom is -0.326 e. The summed E-state index contributed by atoms with van der Waals surface area (Å²) in [6.45, 7) is 4.99. The molecule has 0 radical (unpaired) electrons. The maximum absolute atomic E-state index is 6.42. The monoisotopic (exact) mass is 238 g/mol. The molecule has 100 valence electrons. The maximum Gasteiger partial charge on any atom is 0.0247 e. The molecule has 3 atom stereocenters. The van der Waals surface area contributed by atoms with Gasteiger partial charge in [0.25, 0.3) is 0 Å². The molecule has 2 fully saturated rings. The minimum atomic E-state index is 0.434. The van der Waals surface area contributed by atoms with Gasteiger partial charge in [0.05, 0.1) is 0 Å². The fraction of sp³-hybridized carbons (Fsp3) is 1.00. The van der Waals surface area contributed by atoms with Crippen LogP contribution in [0.15, 0.2) is 0 Å². The molecule has 1 aliphatic heterocycles. The second-order valence-corrected chi connectivity index (χ2v) is 6.29. The molecule has 0 amide bonds. The van der Waals surface area contributed by atoms with E-state index in [9.17, 15) is 0 Å². The van der Waals surface area contributed by atoms with Crippen LogP contribution in [-0.2, 0) is 0 Å².